The number of nitrogens with zero attached hydrogens (tertiary/aromatic N) is 2. The second-order valence-corrected chi connectivity index (χ2v) is 1.93. The number of rotatable bonds is 1. The smallest absolute Gasteiger partial charge is 0.388 e. The first-order valence-electron chi connectivity index (χ1n) is 2.64. The lowest BCUT2D eigenvalue weighted by molar-refractivity contribution is 0.209. The van der Waals surface area contributed by atoms with Gasteiger partial charge in [0.1, 0.15) is 0 Å². The third kappa shape index (κ3) is 2.05. The molecule has 0 radical (unpaired) electrons. The van der Waals surface area contributed by atoms with E-state index >= 15 is 0 Å². The molecule has 1 heterocycles. The molecule has 6 heteroatoms. The number of amides is 1. The van der Waals surface area contributed by atoms with E-state index in [1.807, 2.05) is 0 Å². The molecule has 5 nitrogen and oxygen atoms in total. The Hall–Kier alpha value is -1.36. The predicted octanol–water partition coefficient (Wildman–Crippen LogP) is 0.588. The topological polar surface area (TPSA) is 78.1 Å². The number of carbonyl (C=O) groups excluding carboxylic acids is 1. The van der Waals surface area contributed by atoms with E-state index in [0.29, 0.717) is 0 Å². The van der Waals surface area contributed by atoms with Crippen LogP contribution in [0.25, 0.3) is 0 Å². The van der Waals surface area contributed by atoms with Crippen LogP contribution in [0.1, 0.15) is 0 Å². The molecule has 0 bridgehead atoms. The van der Waals surface area contributed by atoms with E-state index in [1.165, 1.54) is 12.4 Å². The van der Waals surface area contributed by atoms with Crippen LogP contribution in [0.15, 0.2) is 12.4 Å². The van der Waals surface area contributed by atoms with Crippen molar-refractivity contribution in [3.8, 4) is 5.88 Å². The first kappa shape index (κ1) is 7.74. The van der Waals surface area contributed by atoms with Gasteiger partial charge >= 0.3 is 6.09 Å². The minimum Gasteiger partial charge on any atom is -0.388 e. The van der Waals surface area contributed by atoms with Crippen LogP contribution in [0.4, 0.5) is 4.79 Å². The molecule has 0 aliphatic rings. The van der Waals surface area contributed by atoms with Crippen LogP contribution >= 0.6 is 11.6 Å². The second kappa shape index (κ2) is 3.16. The first-order chi connectivity index (χ1) is 5.20. The fourth-order valence-electron chi connectivity index (χ4n) is 0.472. The van der Waals surface area contributed by atoms with Crippen molar-refractivity contribution >= 4 is 17.7 Å². The Morgan fingerprint density at radius 2 is 2.18 bits per heavy atom. The summed E-state index contributed by atoms with van der Waals surface area (Å²) in [5, 5.41) is 0.00583. The van der Waals surface area contributed by atoms with Crippen LogP contribution in [0.3, 0.4) is 0 Å². The van der Waals surface area contributed by atoms with Gasteiger partial charge in [0.05, 0.1) is 0 Å². The highest BCUT2D eigenvalue weighted by Gasteiger charge is 2.05. The summed E-state index contributed by atoms with van der Waals surface area (Å²) in [6.07, 6.45) is 1.74. The molecule has 2 N–H and O–H groups in total. The number of nitrogens with two attached hydrogens (primary N) is 1. The average molecular weight is 174 g/mol. The van der Waals surface area contributed by atoms with Gasteiger partial charge < -0.3 is 10.5 Å². The number of hydrogen-bond donors (Lipinski definition) is 1. The van der Waals surface area contributed by atoms with Crippen LogP contribution in [0.5, 0.6) is 5.88 Å². The Balaban J connectivity index is 2.86. The zero-order valence-corrected chi connectivity index (χ0v) is 6.08. The largest absolute Gasteiger partial charge is 0.411 e. The van der Waals surface area contributed by atoms with E-state index in [4.69, 9.17) is 17.3 Å². The van der Waals surface area contributed by atoms with E-state index in [9.17, 15) is 4.79 Å². The van der Waals surface area contributed by atoms with E-state index in [0.717, 1.165) is 0 Å². The molecule has 0 aliphatic carbocycles. The average Bonchev–Trinajstić information content (AvgIpc) is 1.93. The molecule has 0 atom stereocenters. The standard InChI is InChI=1S/C5H4ClN3O2/c6-3-4(11-5(7)10)9-2-1-8-3/h1-2H,(H2,7,10). The van der Waals surface area contributed by atoms with Gasteiger partial charge in [-0.1, -0.05) is 11.6 Å². The van der Waals surface area contributed by atoms with Crippen LogP contribution < -0.4 is 10.5 Å². The van der Waals surface area contributed by atoms with Gasteiger partial charge in [-0.25, -0.2) is 14.8 Å². The molecule has 0 aliphatic heterocycles. The van der Waals surface area contributed by atoms with Crippen molar-refractivity contribution in [2.24, 2.45) is 5.73 Å². The van der Waals surface area contributed by atoms with Gasteiger partial charge in [-0.15, -0.1) is 0 Å². The molecule has 0 fully saturated rings. The summed E-state index contributed by atoms with van der Waals surface area (Å²) in [5.74, 6) is -0.0818. The highest BCUT2D eigenvalue weighted by Crippen LogP contribution is 2.16. The molecule has 0 saturated carbocycles. The number of primary amides is 1. The number of halogens is 1. The molecule has 1 aromatic rings. The molecule has 11 heavy (non-hydrogen) atoms. The summed E-state index contributed by atoms with van der Waals surface area (Å²) in [7, 11) is 0. The lowest BCUT2D eigenvalue weighted by Gasteiger charge is -1.98. The van der Waals surface area contributed by atoms with Crippen molar-refractivity contribution in [3.63, 3.8) is 0 Å². The SMILES string of the molecule is NC(=O)Oc1nccnc1Cl. The lowest BCUT2D eigenvalue weighted by atomic mass is 10.7. The quantitative estimate of drug-likeness (QED) is 0.674. The van der Waals surface area contributed by atoms with Gasteiger partial charge in [-0.05, 0) is 0 Å². The fourth-order valence-corrected chi connectivity index (χ4v) is 0.616. The zero-order valence-electron chi connectivity index (χ0n) is 5.32. The molecule has 1 aromatic heterocycles. The third-order valence-corrected chi connectivity index (χ3v) is 1.08. The van der Waals surface area contributed by atoms with Crippen LogP contribution in [-0.4, -0.2) is 16.1 Å². The maximum Gasteiger partial charge on any atom is 0.411 e. The Kier molecular flexibility index (Phi) is 2.22. The highest BCUT2D eigenvalue weighted by atomic mass is 35.5. The fraction of sp³-hybridized carbons (Fsp3) is 0. The molecule has 58 valence electrons. The second-order valence-electron chi connectivity index (χ2n) is 1.57. The summed E-state index contributed by atoms with van der Waals surface area (Å²) in [6, 6.07) is 0. The van der Waals surface area contributed by atoms with Crippen molar-refractivity contribution in [2.45, 2.75) is 0 Å². The van der Waals surface area contributed by atoms with E-state index in [2.05, 4.69) is 14.7 Å². The summed E-state index contributed by atoms with van der Waals surface area (Å²) in [4.78, 5) is 17.4. The molecular weight excluding hydrogens is 170 g/mol. The van der Waals surface area contributed by atoms with Gasteiger partial charge in [-0.2, -0.15) is 0 Å². The summed E-state index contributed by atoms with van der Waals surface area (Å²) in [5.41, 5.74) is 4.71. The van der Waals surface area contributed by atoms with Crippen molar-refractivity contribution in [3.05, 3.63) is 17.5 Å². The molecule has 0 spiro atoms. The van der Waals surface area contributed by atoms with E-state index in [-0.39, 0.29) is 11.0 Å². The van der Waals surface area contributed by atoms with Crippen molar-refractivity contribution < 1.29 is 9.53 Å². The molecule has 0 unspecified atom stereocenters. The van der Waals surface area contributed by atoms with Gasteiger partial charge in [0, 0.05) is 12.4 Å². The molecule has 0 aromatic carbocycles. The Bertz CT molecular complexity index is 278. The van der Waals surface area contributed by atoms with Crippen LogP contribution in [-0.2, 0) is 0 Å². The third-order valence-electron chi connectivity index (χ3n) is 0.820. The molecular formula is C5H4ClN3O2. The number of carbonyl (C=O) groups is 1. The molecule has 0 saturated heterocycles. The number of aromatic nitrogens is 2. The number of hydrogen-bond acceptors (Lipinski definition) is 4. The Labute approximate surface area is 67.2 Å². The monoisotopic (exact) mass is 173 g/mol. The van der Waals surface area contributed by atoms with E-state index in [1.54, 1.807) is 0 Å². The maximum atomic E-state index is 10.2. The Morgan fingerprint density at radius 3 is 2.73 bits per heavy atom. The lowest BCUT2D eigenvalue weighted by Crippen LogP contribution is -2.17. The van der Waals surface area contributed by atoms with Crippen molar-refractivity contribution in [1.29, 1.82) is 0 Å². The van der Waals surface area contributed by atoms with Gasteiger partial charge in [0.2, 0.25) is 0 Å². The maximum absolute atomic E-state index is 10.2. The molecule has 1 rings (SSSR count). The Morgan fingerprint density at radius 1 is 1.55 bits per heavy atom. The highest BCUT2D eigenvalue weighted by molar-refractivity contribution is 6.30. The summed E-state index contributed by atoms with van der Waals surface area (Å²) in [6.45, 7) is 0. The summed E-state index contributed by atoms with van der Waals surface area (Å²) < 4.78 is 4.38. The predicted molar refractivity (Wildman–Crippen MR) is 37.3 cm³/mol. The minimum absolute atomic E-state index is 0.00583. The summed E-state index contributed by atoms with van der Waals surface area (Å²) >= 11 is 5.46. The van der Waals surface area contributed by atoms with Crippen LogP contribution in [0, 0.1) is 0 Å². The van der Waals surface area contributed by atoms with Crippen molar-refractivity contribution in [2.75, 3.05) is 0 Å². The minimum atomic E-state index is -0.965. The van der Waals surface area contributed by atoms with E-state index < -0.39 is 6.09 Å². The van der Waals surface area contributed by atoms with Gasteiger partial charge in [-0.3, -0.25) is 0 Å². The normalized spacial score (nSPS) is 9.18. The van der Waals surface area contributed by atoms with Crippen molar-refractivity contribution in [1.82, 2.24) is 9.97 Å². The van der Waals surface area contributed by atoms with Gasteiger partial charge in [0.15, 0.2) is 5.15 Å². The first-order valence-corrected chi connectivity index (χ1v) is 3.01. The van der Waals surface area contributed by atoms with Gasteiger partial charge in [0.25, 0.3) is 5.88 Å². The molecule has 1 amide bonds. The number of ether oxygens (including phenoxy) is 1. The zero-order chi connectivity index (χ0) is 8.27. The van der Waals surface area contributed by atoms with Crippen LogP contribution in [0.2, 0.25) is 5.15 Å².